The van der Waals surface area contributed by atoms with Gasteiger partial charge in [-0.3, -0.25) is 0 Å². The number of benzene rings is 1. The van der Waals surface area contributed by atoms with Gasteiger partial charge < -0.3 is 5.11 Å². The summed E-state index contributed by atoms with van der Waals surface area (Å²) in [5.41, 5.74) is 1.79. The molecule has 1 atom stereocenters. The normalized spacial score (nSPS) is 13.6. The maximum Gasteiger partial charge on any atom is 0.240 e. The van der Waals surface area contributed by atoms with E-state index in [9.17, 15) is 8.42 Å². The van der Waals surface area contributed by atoms with E-state index in [4.69, 9.17) is 5.11 Å². The van der Waals surface area contributed by atoms with Crippen LogP contribution < -0.4 is 4.72 Å². The van der Waals surface area contributed by atoms with Crippen LogP contribution in [0.4, 0.5) is 0 Å². The molecule has 0 radical (unpaired) electrons. The first-order valence-electron chi connectivity index (χ1n) is 6.04. The van der Waals surface area contributed by atoms with Crippen LogP contribution >= 0.6 is 0 Å². The first kappa shape index (κ1) is 15.1. The SMILES string of the molecule is Cc1ccc(S(=O)(=O)NCC(C)CCO)c(C)c1. The molecule has 1 rings (SSSR count). The van der Waals surface area contributed by atoms with E-state index in [1.54, 1.807) is 19.1 Å². The lowest BCUT2D eigenvalue weighted by Crippen LogP contribution is -2.29. The number of aliphatic hydroxyl groups excluding tert-OH is 1. The summed E-state index contributed by atoms with van der Waals surface area (Å²) >= 11 is 0. The zero-order chi connectivity index (χ0) is 13.8. The maximum atomic E-state index is 12.1. The number of hydrogen-bond acceptors (Lipinski definition) is 3. The minimum absolute atomic E-state index is 0.0758. The second-order valence-corrected chi connectivity index (χ2v) is 6.47. The second kappa shape index (κ2) is 6.31. The molecule has 0 aliphatic rings. The summed E-state index contributed by atoms with van der Waals surface area (Å²) in [6.07, 6.45) is 0.593. The van der Waals surface area contributed by atoms with Crippen LogP contribution in [0.2, 0.25) is 0 Å². The number of nitrogens with one attached hydrogen (secondary N) is 1. The fraction of sp³-hybridized carbons (Fsp3) is 0.538. The monoisotopic (exact) mass is 271 g/mol. The van der Waals surface area contributed by atoms with Crippen LogP contribution in [0.25, 0.3) is 0 Å². The van der Waals surface area contributed by atoms with Crippen molar-refractivity contribution >= 4 is 10.0 Å². The van der Waals surface area contributed by atoms with Crippen LogP contribution in [-0.4, -0.2) is 26.7 Å². The first-order valence-corrected chi connectivity index (χ1v) is 7.53. The molecule has 0 aliphatic heterocycles. The molecule has 4 nitrogen and oxygen atoms in total. The van der Waals surface area contributed by atoms with Crippen LogP contribution in [0.3, 0.4) is 0 Å². The van der Waals surface area contributed by atoms with Crippen molar-refractivity contribution in [2.45, 2.75) is 32.1 Å². The average Bonchev–Trinajstić information content (AvgIpc) is 2.26. The summed E-state index contributed by atoms with van der Waals surface area (Å²) in [4.78, 5) is 0.323. The second-order valence-electron chi connectivity index (χ2n) is 4.74. The Hall–Kier alpha value is -0.910. The topological polar surface area (TPSA) is 66.4 Å². The highest BCUT2D eigenvalue weighted by Gasteiger charge is 2.17. The summed E-state index contributed by atoms with van der Waals surface area (Å²) in [7, 11) is -3.45. The molecule has 0 aromatic heterocycles. The van der Waals surface area contributed by atoms with Gasteiger partial charge in [0.05, 0.1) is 4.90 Å². The molecule has 0 saturated heterocycles. The molecule has 1 aromatic carbocycles. The molecule has 1 unspecified atom stereocenters. The minimum Gasteiger partial charge on any atom is -0.396 e. The van der Waals surface area contributed by atoms with Gasteiger partial charge in [0.2, 0.25) is 10.0 Å². The van der Waals surface area contributed by atoms with Gasteiger partial charge in [0.1, 0.15) is 0 Å². The third kappa shape index (κ3) is 4.08. The summed E-state index contributed by atoms with van der Waals surface area (Å²) in [5.74, 6) is 0.121. The van der Waals surface area contributed by atoms with Crippen molar-refractivity contribution in [1.82, 2.24) is 4.72 Å². The minimum atomic E-state index is -3.45. The Morgan fingerprint density at radius 3 is 2.56 bits per heavy atom. The Balaban J connectivity index is 2.80. The Morgan fingerprint density at radius 1 is 1.33 bits per heavy atom. The Morgan fingerprint density at radius 2 is 2.00 bits per heavy atom. The van der Waals surface area contributed by atoms with Crippen molar-refractivity contribution in [3.8, 4) is 0 Å². The molecular formula is C13H21NO3S. The fourth-order valence-corrected chi connectivity index (χ4v) is 3.14. The van der Waals surface area contributed by atoms with Crippen LogP contribution in [0.5, 0.6) is 0 Å². The molecule has 0 heterocycles. The number of hydrogen-bond donors (Lipinski definition) is 2. The van der Waals surface area contributed by atoms with Gasteiger partial charge >= 0.3 is 0 Å². The molecule has 0 fully saturated rings. The lowest BCUT2D eigenvalue weighted by molar-refractivity contribution is 0.263. The van der Waals surface area contributed by atoms with Gasteiger partial charge in [0.25, 0.3) is 0 Å². The Kier molecular flexibility index (Phi) is 5.31. The molecule has 0 amide bonds. The molecule has 0 spiro atoms. The zero-order valence-corrected chi connectivity index (χ0v) is 11.9. The third-order valence-electron chi connectivity index (χ3n) is 2.86. The molecular weight excluding hydrogens is 250 g/mol. The van der Waals surface area contributed by atoms with Gasteiger partial charge in [0, 0.05) is 13.2 Å². The highest BCUT2D eigenvalue weighted by atomic mass is 32.2. The highest BCUT2D eigenvalue weighted by Crippen LogP contribution is 2.16. The van der Waals surface area contributed by atoms with E-state index in [1.807, 2.05) is 19.9 Å². The molecule has 0 bridgehead atoms. The smallest absolute Gasteiger partial charge is 0.240 e. The van der Waals surface area contributed by atoms with E-state index in [1.165, 1.54) is 0 Å². The third-order valence-corrected chi connectivity index (χ3v) is 4.45. The zero-order valence-electron chi connectivity index (χ0n) is 11.1. The average molecular weight is 271 g/mol. The number of aryl methyl sites for hydroxylation is 2. The Labute approximate surface area is 109 Å². The van der Waals surface area contributed by atoms with E-state index >= 15 is 0 Å². The lowest BCUT2D eigenvalue weighted by atomic mass is 10.1. The molecule has 0 saturated carbocycles. The number of sulfonamides is 1. The lowest BCUT2D eigenvalue weighted by Gasteiger charge is -2.13. The van der Waals surface area contributed by atoms with Crippen molar-refractivity contribution in [2.75, 3.05) is 13.2 Å². The van der Waals surface area contributed by atoms with E-state index in [-0.39, 0.29) is 12.5 Å². The van der Waals surface area contributed by atoms with Gasteiger partial charge in [-0.15, -0.1) is 0 Å². The molecule has 5 heteroatoms. The molecule has 102 valence electrons. The van der Waals surface area contributed by atoms with Crippen molar-refractivity contribution in [3.05, 3.63) is 29.3 Å². The molecule has 2 N–H and O–H groups in total. The number of aliphatic hydroxyl groups is 1. The molecule has 1 aromatic rings. The largest absolute Gasteiger partial charge is 0.396 e. The standard InChI is InChI=1S/C13H21NO3S/c1-10-4-5-13(12(3)8-10)18(16,17)14-9-11(2)6-7-15/h4-5,8,11,14-15H,6-7,9H2,1-3H3. The Bertz CT molecular complexity index is 497. The van der Waals surface area contributed by atoms with Crippen molar-refractivity contribution in [2.24, 2.45) is 5.92 Å². The summed E-state index contributed by atoms with van der Waals surface area (Å²) in [6.45, 7) is 6.04. The van der Waals surface area contributed by atoms with Gasteiger partial charge in [-0.1, -0.05) is 24.6 Å². The van der Waals surface area contributed by atoms with Gasteiger partial charge in [0.15, 0.2) is 0 Å². The fourth-order valence-electron chi connectivity index (χ4n) is 1.75. The summed E-state index contributed by atoms with van der Waals surface area (Å²) < 4.78 is 26.8. The van der Waals surface area contributed by atoms with Crippen LogP contribution in [0, 0.1) is 19.8 Å². The summed E-state index contributed by atoms with van der Waals surface area (Å²) in [6, 6.07) is 5.27. The van der Waals surface area contributed by atoms with Gasteiger partial charge in [-0.05, 0) is 37.8 Å². The van der Waals surface area contributed by atoms with E-state index in [2.05, 4.69) is 4.72 Å². The van der Waals surface area contributed by atoms with E-state index < -0.39 is 10.0 Å². The quantitative estimate of drug-likeness (QED) is 0.826. The number of rotatable bonds is 6. The van der Waals surface area contributed by atoms with E-state index in [0.29, 0.717) is 17.9 Å². The van der Waals surface area contributed by atoms with Crippen molar-refractivity contribution in [3.63, 3.8) is 0 Å². The maximum absolute atomic E-state index is 12.1. The van der Waals surface area contributed by atoms with E-state index in [0.717, 1.165) is 11.1 Å². The van der Waals surface area contributed by atoms with Crippen LogP contribution in [0.1, 0.15) is 24.5 Å². The first-order chi connectivity index (χ1) is 8.36. The van der Waals surface area contributed by atoms with Crippen molar-refractivity contribution in [1.29, 1.82) is 0 Å². The highest BCUT2D eigenvalue weighted by molar-refractivity contribution is 7.89. The van der Waals surface area contributed by atoms with Crippen molar-refractivity contribution < 1.29 is 13.5 Å². The van der Waals surface area contributed by atoms with Gasteiger partial charge in [-0.25, -0.2) is 13.1 Å². The summed E-state index contributed by atoms with van der Waals surface area (Å²) in [5, 5.41) is 8.78. The van der Waals surface area contributed by atoms with Gasteiger partial charge in [-0.2, -0.15) is 0 Å². The molecule has 0 aliphatic carbocycles. The van der Waals surface area contributed by atoms with Crippen LogP contribution in [0.15, 0.2) is 23.1 Å². The van der Waals surface area contributed by atoms with Crippen LogP contribution in [-0.2, 0) is 10.0 Å². The predicted octanol–water partition coefficient (Wildman–Crippen LogP) is 1.60. The predicted molar refractivity (Wildman–Crippen MR) is 72.0 cm³/mol. The molecule has 18 heavy (non-hydrogen) atoms.